The zero-order valence-corrected chi connectivity index (χ0v) is 13.5. The summed E-state index contributed by atoms with van der Waals surface area (Å²) in [6.45, 7) is 3.56. The number of methoxy groups -OCH3 is 1. The number of hydrogen-bond donors (Lipinski definition) is 2. The third-order valence-corrected chi connectivity index (χ3v) is 4.21. The number of carbonyl (C=O) groups is 1. The number of nitrogens with one attached hydrogen (secondary N) is 2. The van der Waals surface area contributed by atoms with Crippen molar-refractivity contribution in [3.8, 4) is 11.3 Å². The van der Waals surface area contributed by atoms with Crippen molar-refractivity contribution in [3.05, 3.63) is 47.7 Å². The normalized spacial score (nSPS) is 21.1. The second-order valence-electron chi connectivity index (χ2n) is 5.83. The average Bonchev–Trinajstić information content (AvgIpc) is 3.02. The number of furan rings is 1. The van der Waals surface area contributed by atoms with E-state index in [2.05, 4.69) is 10.6 Å². The first-order valence-electron chi connectivity index (χ1n) is 7.88. The SMILES string of the molecule is CO[C@@H]1CCNC[C@@H]1NC(=O)c1ccc(-c2ccc(C)o2)cc1. The van der Waals surface area contributed by atoms with Gasteiger partial charge in [-0.1, -0.05) is 12.1 Å². The highest BCUT2D eigenvalue weighted by molar-refractivity contribution is 5.94. The van der Waals surface area contributed by atoms with Crippen molar-refractivity contribution in [1.82, 2.24) is 10.6 Å². The minimum absolute atomic E-state index is 0.00588. The van der Waals surface area contributed by atoms with Crippen LogP contribution in [0.4, 0.5) is 0 Å². The van der Waals surface area contributed by atoms with E-state index in [0.29, 0.717) is 5.56 Å². The minimum Gasteiger partial charge on any atom is -0.461 e. The maximum Gasteiger partial charge on any atom is 0.251 e. The third kappa shape index (κ3) is 3.63. The zero-order valence-electron chi connectivity index (χ0n) is 13.5. The predicted molar refractivity (Wildman–Crippen MR) is 88.4 cm³/mol. The van der Waals surface area contributed by atoms with E-state index >= 15 is 0 Å². The van der Waals surface area contributed by atoms with Crippen LogP contribution in [0.15, 0.2) is 40.8 Å². The molecule has 1 aromatic carbocycles. The van der Waals surface area contributed by atoms with Gasteiger partial charge >= 0.3 is 0 Å². The third-order valence-electron chi connectivity index (χ3n) is 4.21. The van der Waals surface area contributed by atoms with Crippen LogP contribution in [0.5, 0.6) is 0 Å². The standard InChI is InChI=1S/C18H22N2O3/c1-12-3-8-16(23-12)13-4-6-14(7-5-13)18(21)20-15-11-19-10-9-17(15)22-2/h3-8,15,17,19H,9-11H2,1-2H3,(H,20,21)/t15-,17+/m0/s1. The van der Waals surface area contributed by atoms with Crippen molar-refractivity contribution in [2.45, 2.75) is 25.5 Å². The average molecular weight is 314 g/mol. The van der Waals surface area contributed by atoms with Gasteiger partial charge in [0.25, 0.3) is 5.91 Å². The summed E-state index contributed by atoms with van der Waals surface area (Å²) in [7, 11) is 1.69. The second kappa shape index (κ2) is 6.98. The van der Waals surface area contributed by atoms with E-state index in [1.54, 1.807) is 7.11 Å². The van der Waals surface area contributed by atoms with E-state index in [-0.39, 0.29) is 18.1 Å². The molecular formula is C18H22N2O3. The van der Waals surface area contributed by atoms with E-state index < -0.39 is 0 Å². The summed E-state index contributed by atoms with van der Waals surface area (Å²) >= 11 is 0. The van der Waals surface area contributed by atoms with E-state index in [0.717, 1.165) is 36.6 Å². The molecule has 1 aromatic heterocycles. The molecule has 0 saturated carbocycles. The molecule has 5 heteroatoms. The molecule has 2 heterocycles. The molecule has 0 unspecified atom stereocenters. The summed E-state index contributed by atoms with van der Waals surface area (Å²) in [6, 6.07) is 11.3. The molecule has 1 amide bonds. The van der Waals surface area contributed by atoms with E-state index in [4.69, 9.17) is 9.15 Å². The number of hydrogen-bond acceptors (Lipinski definition) is 4. The Kier molecular flexibility index (Phi) is 4.79. The van der Waals surface area contributed by atoms with E-state index in [1.807, 2.05) is 43.3 Å². The van der Waals surface area contributed by atoms with Crippen LogP contribution >= 0.6 is 0 Å². The summed E-state index contributed by atoms with van der Waals surface area (Å²) in [5.41, 5.74) is 1.60. The minimum atomic E-state index is -0.0806. The summed E-state index contributed by atoms with van der Waals surface area (Å²) in [5.74, 6) is 1.60. The zero-order chi connectivity index (χ0) is 16.2. The molecule has 2 N–H and O–H groups in total. The van der Waals surface area contributed by atoms with Gasteiger partial charge in [0, 0.05) is 24.8 Å². The highest BCUT2D eigenvalue weighted by Crippen LogP contribution is 2.22. The van der Waals surface area contributed by atoms with Crippen LogP contribution in [-0.4, -0.2) is 38.3 Å². The van der Waals surface area contributed by atoms with Gasteiger partial charge in [-0.05, 0) is 44.2 Å². The van der Waals surface area contributed by atoms with Crippen LogP contribution in [0, 0.1) is 6.92 Å². The highest BCUT2D eigenvalue weighted by atomic mass is 16.5. The van der Waals surface area contributed by atoms with Crippen LogP contribution in [0.25, 0.3) is 11.3 Å². The van der Waals surface area contributed by atoms with Gasteiger partial charge in [-0.3, -0.25) is 4.79 Å². The lowest BCUT2D eigenvalue weighted by Gasteiger charge is -2.31. The molecule has 1 saturated heterocycles. The molecular weight excluding hydrogens is 292 g/mol. The topological polar surface area (TPSA) is 63.5 Å². The van der Waals surface area contributed by atoms with Gasteiger partial charge in [-0.25, -0.2) is 0 Å². The van der Waals surface area contributed by atoms with Gasteiger partial charge in [0.1, 0.15) is 11.5 Å². The molecule has 23 heavy (non-hydrogen) atoms. The van der Waals surface area contributed by atoms with Crippen molar-refractivity contribution in [1.29, 1.82) is 0 Å². The molecule has 1 fully saturated rings. The van der Waals surface area contributed by atoms with E-state index in [1.165, 1.54) is 0 Å². The number of benzene rings is 1. The molecule has 0 bridgehead atoms. The maximum atomic E-state index is 12.4. The van der Waals surface area contributed by atoms with E-state index in [9.17, 15) is 4.79 Å². The molecule has 122 valence electrons. The molecule has 2 atom stereocenters. The summed E-state index contributed by atoms with van der Waals surface area (Å²) in [6.07, 6.45) is 0.962. The lowest BCUT2D eigenvalue weighted by Crippen LogP contribution is -2.54. The maximum absolute atomic E-state index is 12.4. The monoisotopic (exact) mass is 314 g/mol. The van der Waals surface area contributed by atoms with Gasteiger partial charge in [-0.2, -0.15) is 0 Å². The molecule has 3 rings (SSSR count). The summed E-state index contributed by atoms with van der Waals surface area (Å²) < 4.78 is 11.0. The Morgan fingerprint density at radius 3 is 2.70 bits per heavy atom. The Hall–Kier alpha value is -2.11. The Morgan fingerprint density at radius 1 is 1.26 bits per heavy atom. The van der Waals surface area contributed by atoms with Crippen molar-refractivity contribution in [3.63, 3.8) is 0 Å². The van der Waals surface area contributed by atoms with Crippen LogP contribution in [0.3, 0.4) is 0 Å². The smallest absolute Gasteiger partial charge is 0.251 e. The lowest BCUT2D eigenvalue weighted by molar-refractivity contribution is 0.0448. The highest BCUT2D eigenvalue weighted by Gasteiger charge is 2.26. The number of rotatable bonds is 4. The Morgan fingerprint density at radius 2 is 2.04 bits per heavy atom. The fourth-order valence-electron chi connectivity index (χ4n) is 2.89. The van der Waals surface area contributed by atoms with Gasteiger partial charge in [0.2, 0.25) is 0 Å². The number of aryl methyl sites for hydroxylation is 1. The fraction of sp³-hybridized carbons (Fsp3) is 0.389. The van der Waals surface area contributed by atoms with Crippen molar-refractivity contribution >= 4 is 5.91 Å². The van der Waals surface area contributed by atoms with Crippen LogP contribution in [0.1, 0.15) is 22.5 Å². The lowest BCUT2D eigenvalue weighted by atomic mass is 10.0. The van der Waals surface area contributed by atoms with Gasteiger partial charge in [0.05, 0.1) is 12.1 Å². The Bertz CT molecular complexity index is 663. The molecule has 2 aromatic rings. The quantitative estimate of drug-likeness (QED) is 0.909. The Labute approximate surface area is 136 Å². The first-order chi connectivity index (χ1) is 11.2. The summed E-state index contributed by atoms with van der Waals surface area (Å²) in [4.78, 5) is 12.4. The first-order valence-corrected chi connectivity index (χ1v) is 7.88. The Balaban J connectivity index is 1.68. The van der Waals surface area contributed by atoms with Crippen LogP contribution in [-0.2, 0) is 4.74 Å². The molecule has 0 radical (unpaired) electrons. The van der Waals surface area contributed by atoms with Crippen molar-refractivity contribution in [2.75, 3.05) is 20.2 Å². The van der Waals surface area contributed by atoms with Crippen LogP contribution in [0.2, 0.25) is 0 Å². The van der Waals surface area contributed by atoms with Crippen LogP contribution < -0.4 is 10.6 Å². The number of amides is 1. The van der Waals surface area contributed by atoms with Crippen molar-refractivity contribution in [2.24, 2.45) is 0 Å². The van der Waals surface area contributed by atoms with Crippen molar-refractivity contribution < 1.29 is 13.9 Å². The number of carbonyl (C=O) groups excluding carboxylic acids is 1. The summed E-state index contributed by atoms with van der Waals surface area (Å²) in [5, 5.41) is 6.33. The largest absolute Gasteiger partial charge is 0.461 e. The van der Waals surface area contributed by atoms with Gasteiger partial charge < -0.3 is 19.8 Å². The molecule has 1 aliphatic rings. The molecule has 1 aliphatic heterocycles. The van der Waals surface area contributed by atoms with Gasteiger partial charge in [0.15, 0.2) is 0 Å². The fourth-order valence-corrected chi connectivity index (χ4v) is 2.89. The first kappa shape index (κ1) is 15.8. The molecule has 0 spiro atoms. The second-order valence-corrected chi connectivity index (χ2v) is 5.83. The number of piperidine rings is 1. The number of ether oxygens (including phenoxy) is 1. The molecule has 0 aliphatic carbocycles. The molecule has 5 nitrogen and oxygen atoms in total. The van der Waals surface area contributed by atoms with Gasteiger partial charge in [-0.15, -0.1) is 0 Å². The predicted octanol–water partition coefficient (Wildman–Crippen LogP) is 2.36.